The molecule has 3 nitrogen and oxygen atoms in total. The summed E-state index contributed by atoms with van der Waals surface area (Å²) in [6.45, 7) is 2.52. The first kappa shape index (κ1) is 14.8. The van der Waals surface area contributed by atoms with Gasteiger partial charge in [-0.1, -0.05) is 6.92 Å². The maximum Gasteiger partial charge on any atom is 0.391 e. The second kappa shape index (κ2) is 5.09. The predicted molar refractivity (Wildman–Crippen MR) is 70.3 cm³/mol. The van der Waals surface area contributed by atoms with Crippen molar-refractivity contribution in [1.82, 2.24) is 9.97 Å². The minimum absolute atomic E-state index is 0.141. The van der Waals surface area contributed by atoms with Gasteiger partial charge in [-0.15, -0.1) is 0 Å². The third-order valence-electron chi connectivity index (χ3n) is 3.35. The van der Waals surface area contributed by atoms with Crippen LogP contribution in [0.15, 0.2) is 24.5 Å². The standard InChI is InChI=1S/C14H17F3N2O/c1-9(14(15,16)17)6-13(2,20)7-11-5-10-8-18-4-3-12(10)19-11/h3-5,8-9,19-20H,6-7H2,1-2H3. The average molecular weight is 286 g/mol. The van der Waals surface area contributed by atoms with Crippen molar-refractivity contribution >= 4 is 10.9 Å². The van der Waals surface area contributed by atoms with Gasteiger partial charge in [0.25, 0.3) is 0 Å². The SMILES string of the molecule is CC(CC(C)(O)Cc1cc2cnccc2[nH]1)C(F)(F)F. The number of pyridine rings is 1. The molecule has 2 unspecified atom stereocenters. The van der Waals surface area contributed by atoms with E-state index in [0.29, 0.717) is 5.69 Å². The van der Waals surface area contributed by atoms with E-state index in [1.165, 1.54) is 6.92 Å². The highest BCUT2D eigenvalue weighted by molar-refractivity contribution is 5.79. The number of hydrogen-bond donors (Lipinski definition) is 2. The zero-order valence-corrected chi connectivity index (χ0v) is 11.3. The van der Waals surface area contributed by atoms with E-state index in [1.807, 2.05) is 0 Å². The number of aliphatic hydroxyl groups is 1. The second-order valence-electron chi connectivity index (χ2n) is 5.58. The fourth-order valence-electron chi connectivity index (χ4n) is 2.39. The average Bonchev–Trinajstić information content (AvgIpc) is 2.67. The Labute approximate surface area is 114 Å². The monoisotopic (exact) mass is 286 g/mol. The van der Waals surface area contributed by atoms with Gasteiger partial charge >= 0.3 is 6.18 Å². The fraction of sp³-hybridized carbons (Fsp3) is 0.500. The van der Waals surface area contributed by atoms with Gasteiger partial charge < -0.3 is 10.1 Å². The lowest BCUT2D eigenvalue weighted by Crippen LogP contribution is -2.34. The summed E-state index contributed by atoms with van der Waals surface area (Å²) in [5.41, 5.74) is 0.144. The lowest BCUT2D eigenvalue weighted by Gasteiger charge is -2.27. The zero-order valence-electron chi connectivity index (χ0n) is 11.3. The van der Waals surface area contributed by atoms with Gasteiger partial charge in [-0.2, -0.15) is 13.2 Å². The van der Waals surface area contributed by atoms with Crippen molar-refractivity contribution in [1.29, 1.82) is 0 Å². The van der Waals surface area contributed by atoms with E-state index in [4.69, 9.17) is 0 Å². The molecular formula is C14H17F3N2O. The van der Waals surface area contributed by atoms with Gasteiger partial charge in [0.15, 0.2) is 0 Å². The van der Waals surface area contributed by atoms with E-state index in [1.54, 1.807) is 24.5 Å². The Morgan fingerprint density at radius 3 is 2.70 bits per heavy atom. The molecule has 2 heterocycles. The molecule has 0 aliphatic carbocycles. The number of halogens is 3. The van der Waals surface area contributed by atoms with Crippen LogP contribution in [0.2, 0.25) is 0 Å². The molecule has 0 saturated heterocycles. The van der Waals surface area contributed by atoms with Crippen LogP contribution in [0.25, 0.3) is 10.9 Å². The van der Waals surface area contributed by atoms with Crippen molar-refractivity contribution in [2.24, 2.45) is 5.92 Å². The predicted octanol–water partition coefficient (Wildman–Crippen LogP) is 3.44. The molecule has 0 saturated carbocycles. The molecule has 0 bridgehead atoms. The van der Waals surface area contributed by atoms with Crippen molar-refractivity contribution in [2.75, 3.05) is 0 Å². The summed E-state index contributed by atoms with van der Waals surface area (Å²) in [5.74, 6) is -1.54. The Balaban J connectivity index is 2.11. The lowest BCUT2D eigenvalue weighted by atomic mass is 9.89. The summed E-state index contributed by atoms with van der Waals surface area (Å²) >= 11 is 0. The van der Waals surface area contributed by atoms with Crippen molar-refractivity contribution < 1.29 is 18.3 Å². The highest BCUT2D eigenvalue weighted by Gasteiger charge is 2.40. The molecule has 0 fully saturated rings. The quantitative estimate of drug-likeness (QED) is 0.904. The topological polar surface area (TPSA) is 48.9 Å². The van der Waals surface area contributed by atoms with Gasteiger partial charge in [-0.25, -0.2) is 0 Å². The van der Waals surface area contributed by atoms with Gasteiger partial charge in [0.2, 0.25) is 0 Å². The number of fused-ring (bicyclic) bond motifs is 1. The molecule has 2 N–H and O–H groups in total. The Bertz CT molecular complexity index is 556. The highest BCUT2D eigenvalue weighted by atomic mass is 19.4. The number of rotatable bonds is 4. The number of hydrogen-bond acceptors (Lipinski definition) is 2. The summed E-state index contributed by atoms with van der Waals surface area (Å²) in [6.07, 6.45) is -1.17. The van der Waals surface area contributed by atoms with Crippen LogP contribution in [0, 0.1) is 5.92 Å². The van der Waals surface area contributed by atoms with Crippen LogP contribution < -0.4 is 0 Å². The summed E-state index contributed by atoms with van der Waals surface area (Å²) < 4.78 is 37.7. The molecule has 0 radical (unpaired) electrons. The summed E-state index contributed by atoms with van der Waals surface area (Å²) in [6, 6.07) is 3.58. The van der Waals surface area contributed by atoms with Crippen LogP contribution in [-0.4, -0.2) is 26.9 Å². The molecule has 0 aromatic carbocycles. The smallest absolute Gasteiger partial charge is 0.390 e. The van der Waals surface area contributed by atoms with Crippen LogP contribution in [0.4, 0.5) is 13.2 Å². The molecule has 2 atom stereocenters. The van der Waals surface area contributed by atoms with E-state index in [9.17, 15) is 18.3 Å². The van der Waals surface area contributed by atoms with Crippen molar-refractivity contribution in [3.8, 4) is 0 Å². The molecule has 0 amide bonds. The molecule has 2 aromatic rings. The lowest BCUT2D eigenvalue weighted by molar-refractivity contribution is -0.182. The van der Waals surface area contributed by atoms with Crippen LogP contribution in [0.5, 0.6) is 0 Å². The van der Waals surface area contributed by atoms with Crippen molar-refractivity contribution in [3.63, 3.8) is 0 Å². The van der Waals surface area contributed by atoms with E-state index in [-0.39, 0.29) is 12.8 Å². The first-order valence-corrected chi connectivity index (χ1v) is 6.38. The second-order valence-corrected chi connectivity index (χ2v) is 5.58. The van der Waals surface area contributed by atoms with E-state index >= 15 is 0 Å². The molecule has 0 aliphatic rings. The number of H-pyrrole nitrogens is 1. The number of aromatic nitrogens is 2. The maximum absolute atomic E-state index is 12.6. The number of nitrogens with zero attached hydrogens (tertiary/aromatic N) is 1. The molecule has 20 heavy (non-hydrogen) atoms. The largest absolute Gasteiger partial charge is 0.391 e. The van der Waals surface area contributed by atoms with Crippen LogP contribution in [-0.2, 0) is 6.42 Å². The maximum atomic E-state index is 12.6. The Hall–Kier alpha value is -1.56. The first-order chi connectivity index (χ1) is 9.17. The number of aromatic amines is 1. The van der Waals surface area contributed by atoms with Gasteiger partial charge in [-0.3, -0.25) is 4.98 Å². The molecular weight excluding hydrogens is 269 g/mol. The molecule has 6 heteroatoms. The van der Waals surface area contributed by atoms with Gasteiger partial charge in [0, 0.05) is 35.4 Å². The number of nitrogens with one attached hydrogen (secondary N) is 1. The van der Waals surface area contributed by atoms with Gasteiger partial charge in [0.05, 0.1) is 11.5 Å². The molecule has 2 rings (SSSR count). The third-order valence-corrected chi connectivity index (χ3v) is 3.35. The van der Waals surface area contributed by atoms with Crippen LogP contribution in [0.1, 0.15) is 26.0 Å². The Morgan fingerprint density at radius 2 is 2.10 bits per heavy atom. The molecule has 0 spiro atoms. The minimum Gasteiger partial charge on any atom is -0.390 e. The van der Waals surface area contributed by atoms with Crippen LogP contribution >= 0.6 is 0 Å². The van der Waals surface area contributed by atoms with E-state index in [0.717, 1.165) is 17.8 Å². The normalized spacial score (nSPS) is 17.1. The summed E-state index contributed by atoms with van der Waals surface area (Å²) in [4.78, 5) is 7.05. The molecule has 110 valence electrons. The summed E-state index contributed by atoms with van der Waals surface area (Å²) in [7, 11) is 0. The fourth-order valence-corrected chi connectivity index (χ4v) is 2.39. The molecule has 0 aliphatic heterocycles. The minimum atomic E-state index is -4.28. The number of alkyl halides is 3. The zero-order chi connectivity index (χ0) is 15.0. The Morgan fingerprint density at radius 1 is 1.40 bits per heavy atom. The first-order valence-electron chi connectivity index (χ1n) is 6.38. The highest BCUT2D eigenvalue weighted by Crippen LogP contribution is 2.33. The van der Waals surface area contributed by atoms with Gasteiger partial charge in [0.1, 0.15) is 0 Å². The third kappa shape index (κ3) is 3.50. The Kier molecular flexibility index (Phi) is 3.77. The van der Waals surface area contributed by atoms with E-state index < -0.39 is 17.7 Å². The van der Waals surface area contributed by atoms with Crippen molar-refractivity contribution in [3.05, 3.63) is 30.2 Å². The molecule has 2 aromatic heterocycles. The van der Waals surface area contributed by atoms with Crippen molar-refractivity contribution in [2.45, 2.75) is 38.5 Å². The van der Waals surface area contributed by atoms with E-state index in [2.05, 4.69) is 9.97 Å². The van der Waals surface area contributed by atoms with Crippen LogP contribution in [0.3, 0.4) is 0 Å². The van der Waals surface area contributed by atoms with Gasteiger partial charge in [-0.05, 0) is 25.5 Å². The summed E-state index contributed by atoms with van der Waals surface area (Å²) in [5, 5.41) is 11.1.